The van der Waals surface area contributed by atoms with Crippen LogP contribution in [0.3, 0.4) is 0 Å². The van der Waals surface area contributed by atoms with E-state index >= 15 is 0 Å². The number of nitrogen functional groups attached to an aromatic ring is 1. The predicted molar refractivity (Wildman–Crippen MR) is 65.7 cm³/mol. The van der Waals surface area contributed by atoms with E-state index in [1.807, 2.05) is 12.3 Å². The number of nitrogens with two attached hydrogens (primary N) is 1. The van der Waals surface area contributed by atoms with E-state index in [0.29, 0.717) is 5.69 Å². The van der Waals surface area contributed by atoms with Gasteiger partial charge in [0.1, 0.15) is 5.82 Å². The largest absolute Gasteiger partial charge is 0.395 e. The molecule has 4 nitrogen and oxygen atoms in total. The number of H-pyrrole nitrogens is 1. The number of nitrogens with one attached hydrogen (secondary N) is 1. The lowest BCUT2D eigenvalue weighted by Crippen LogP contribution is -2.45. The van der Waals surface area contributed by atoms with Crippen LogP contribution in [0.15, 0.2) is 12.3 Å². The molecule has 1 aliphatic rings. The molecule has 0 atom stereocenters. The first-order valence-electron chi connectivity index (χ1n) is 5.09. The summed E-state index contributed by atoms with van der Waals surface area (Å²) in [5.41, 5.74) is 6.65. The van der Waals surface area contributed by atoms with Gasteiger partial charge in [-0.15, -0.1) is 0 Å². The van der Waals surface area contributed by atoms with Gasteiger partial charge in [-0.05, 0) is 13.1 Å². The molecule has 2 heterocycles. The highest BCUT2D eigenvalue weighted by Gasteiger charge is 2.16. The Labute approximate surface area is 94.7 Å². The summed E-state index contributed by atoms with van der Waals surface area (Å²) in [7, 11) is 2.13. The molecule has 3 N–H and O–H groups in total. The molecule has 1 saturated heterocycles. The van der Waals surface area contributed by atoms with Gasteiger partial charge in [-0.2, -0.15) is 0 Å². The van der Waals surface area contributed by atoms with Gasteiger partial charge >= 0.3 is 0 Å². The van der Waals surface area contributed by atoms with E-state index < -0.39 is 0 Å². The summed E-state index contributed by atoms with van der Waals surface area (Å²) < 4.78 is 0.725. The van der Waals surface area contributed by atoms with Crippen LogP contribution in [0.5, 0.6) is 0 Å². The standard InChI is InChI=1S/C10H16N4S/c1-13-4-6-14(7-5-13)10-9(11)8(15)2-3-12-10/h2-3H,4-7,11H2,1H3,(H,12,15). The van der Waals surface area contributed by atoms with E-state index in [9.17, 15) is 0 Å². The van der Waals surface area contributed by atoms with Gasteiger partial charge in [-0.25, -0.2) is 0 Å². The van der Waals surface area contributed by atoms with Crippen molar-refractivity contribution in [2.45, 2.75) is 0 Å². The molecular formula is C10H16N4S. The molecule has 0 spiro atoms. The van der Waals surface area contributed by atoms with Gasteiger partial charge in [0.15, 0.2) is 0 Å². The topological polar surface area (TPSA) is 48.3 Å². The average Bonchev–Trinajstić information content (AvgIpc) is 2.24. The molecule has 1 aromatic rings. The molecule has 0 amide bonds. The van der Waals surface area contributed by atoms with Crippen molar-refractivity contribution in [1.82, 2.24) is 9.88 Å². The minimum atomic E-state index is 0.692. The Bertz CT molecular complexity index is 393. The summed E-state index contributed by atoms with van der Waals surface area (Å²) >= 11 is 5.15. The van der Waals surface area contributed by atoms with Crippen molar-refractivity contribution >= 4 is 23.7 Å². The van der Waals surface area contributed by atoms with E-state index in [-0.39, 0.29) is 0 Å². The van der Waals surface area contributed by atoms with Crippen LogP contribution >= 0.6 is 12.2 Å². The number of hydrogen-bond donors (Lipinski definition) is 2. The number of pyridine rings is 1. The van der Waals surface area contributed by atoms with Crippen molar-refractivity contribution in [2.24, 2.45) is 0 Å². The van der Waals surface area contributed by atoms with Crippen molar-refractivity contribution in [2.75, 3.05) is 43.9 Å². The monoisotopic (exact) mass is 224 g/mol. The lowest BCUT2D eigenvalue weighted by Gasteiger charge is -2.34. The maximum atomic E-state index is 5.96. The summed E-state index contributed by atoms with van der Waals surface area (Å²) in [6.07, 6.45) is 1.85. The van der Waals surface area contributed by atoms with Gasteiger partial charge in [0.2, 0.25) is 0 Å². The second-order valence-corrected chi connectivity index (χ2v) is 4.33. The summed E-state index contributed by atoms with van der Waals surface area (Å²) in [4.78, 5) is 7.74. The summed E-state index contributed by atoms with van der Waals surface area (Å²) in [5.74, 6) is 0.968. The van der Waals surface area contributed by atoms with Crippen LogP contribution in [0.25, 0.3) is 0 Å². The lowest BCUT2D eigenvalue weighted by molar-refractivity contribution is 0.312. The number of hydrogen-bond acceptors (Lipinski definition) is 4. The Balaban J connectivity index is 2.23. The van der Waals surface area contributed by atoms with Crippen LogP contribution in [-0.4, -0.2) is 43.1 Å². The molecule has 0 radical (unpaired) electrons. The number of rotatable bonds is 1. The Morgan fingerprint density at radius 2 is 2.00 bits per heavy atom. The van der Waals surface area contributed by atoms with Crippen LogP contribution in [0, 0.1) is 4.51 Å². The normalized spacial score (nSPS) is 18.1. The fourth-order valence-corrected chi connectivity index (χ4v) is 1.94. The number of likely N-dealkylation sites (N-methyl/N-ethyl adjacent to an activating group) is 1. The Morgan fingerprint density at radius 1 is 1.33 bits per heavy atom. The van der Waals surface area contributed by atoms with E-state index in [2.05, 4.69) is 21.8 Å². The summed E-state index contributed by atoms with van der Waals surface area (Å²) in [5, 5.41) is 0. The molecule has 1 fully saturated rings. The van der Waals surface area contributed by atoms with Gasteiger partial charge in [-0.3, -0.25) is 0 Å². The number of anilines is 2. The Kier molecular flexibility index (Phi) is 2.93. The van der Waals surface area contributed by atoms with Gasteiger partial charge in [0.25, 0.3) is 0 Å². The Hall–Kier alpha value is -1.07. The molecule has 0 saturated carbocycles. The van der Waals surface area contributed by atoms with Crippen LogP contribution < -0.4 is 10.6 Å². The van der Waals surface area contributed by atoms with Crippen molar-refractivity contribution < 1.29 is 0 Å². The van der Waals surface area contributed by atoms with Crippen molar-refractivity contribution in [3.05, 3.63) is 16.8 Å². The predicted octanol–water partition coefficient (Wildman–Crippen LogP) is 1.08. The van der Waals surface area contributed by atoms with Crippen molar-refractivity contribution in [3.63, 3.8) is 0 Å². The molecule has 5 heteroatoms. The second-order valence-electron chi connectivity index (χ2n) is 3.89. The number of nitrogens with zero attached hydrogens (tertiary/aromatic N) is 2. The van der Waals surface area contributed by atoms with E-state index in [1.165, 1.54) is 0 Å². The second kappa shape index (κ2) is 4.20. The zero-order valence-corrected chi connectivity index (χ0v) is 9.68. The molecule has 0 unspecified atom stereocenters. The fraction of sp³-hybridized carbons (Fsp3) is 0.500. The lowest BCUT2D eigenvalue weighted by atomic mass is 10.3. The molecule has 1 aliphatic heterocycles. The van der Waals surface area contributed by atoms with E-state index in [0.717, 1.165) is 36.5 Å². The summed E-state index contributed by atoms with van der Waals surface area (Å²) in [6.45, 7) is 4.12. The first kappa shape index (κ1) is 10.4. The molecule has 0 aromatic carbocycles. The minimum Gasteiger partial charge on any atom is -0.395 e. The zero-order chi connectivity index (χ0) is 10.8. The third-order valence-corrected chi connectivity index (χ3v) is 3.15. The maximum Gasteiger partial charge on any atom is 0.131 e. The first-order valence-corrected chi connectivity index (χ1v) is 5.50. The average molecular weight is 224 g/mol. The highest BCUT2D eigenvalue weighted by molar-refractivity contribution is 7.71. The molecule has 1 aromatic heterocycles. The molecule has 15 heavy (non-hydrogen) atoms. The van der Waals surface area contributed by atoms with E-state index in [1.54, 1.807) is 0 Å². The number of aromatic nitrogens is 1. The van der Waals surface area contributed by atoms with Gasteiger partial charge in [-0.1, -0.05) is 12.2 Å². The smallest absolute Gasteiger partial charge is 0.131 e. The highest BCUT2D eigenvalue weighted by Crippen LogP contribution is 2.21. The number of piperazine rings is 1. The quantitative estimate of drug-likeness (QED) is 0.701. The third kappa shape index (κ3) is 2.13. The Morgan fingerprint density at radius 3 is 2.67 bits per heavy atom. The van der Waals surface area contributed by atoms with Crippen molar-refractivity contribution in [3.8, 4) is 0 Å². The van der Waals surface area contributed by atoms with Crippen molar-refractivity contribution in [1.29, 1.82) is 0 Å². The van der Waals surface area contributed by atoms with Crippen LogP contribution in [0.2, 0.25) is 0 Å². The minimum absolute atomic E-state index is 0.692. The number of aromatic amines is 1. The zero-order valence-electron chi connectivity index (χ0n) is 8.86. The fourth-order valence-electron chi connectivity index (χ4n) is 1.77. The van der Waals surface area contributed by atoms with Crippen LogP contribution in [0.1, 0.15) is 0 Å². The highest BCUT2D eigenvalue weighted by atomic mass is 32.1. The SMILES string of the molecule is CN1CCN(c2[nH]ccc(=S)c2N)CC1. The first-order chi connectivity index (χ1) is 7.18. The van der Waals surface area contributed by atoms with Crippen LogP contribution in [-0.2, 0) is 0 Å². The van der Waals surface area contributed by atoms with Gasteiger partial charge in [0, 0.05) is 32.4 Å². The third-order valence-electron chi connectivity index (χ3n) is 2.79. The maximum absolute atomic E-state index is 5.96. The molecule has 0 bridgehead atoms. The molecule has 0 aliphatic carbocycles. The molecule has 2 rings (SSSR count). The molecule has 82 valence electrons. The van der Waals surface area contributed by atoms with Gasteiger partial charge < -0.3 is 20.5 Å². The van der Waals surface area contributed by atoms with E-state index in [4.69, 9.17) is 18.0 Å². The van der Waals surface area contributed by atoms with Crippen LogP contribution in [0.4, 0.5) is 11.5 Å². The summed E-state index contributed by atoms with van der Waals surface area (Å²) in [6, 6.07) is 1.82. The van der Waals surface area contributed by atoms with Gasteiger partial charge in [0.05, 0.1) is 10.2 Å². The molecular weight excluding hydrogens is 208 g/mol.